The molecule has 5 heteroatoms. The van der Waals surface area contributed by atoms with E-state index in [1.54, 1.807) is 11.8 Å². The SMILES string of the molecule is CNc1cc(NC2CCCCC2C(C)C)nc(SC)n1. The van der Waals surface area contributed by atoms with E-state index in [1.165, 1.54) is 25.7 Å². The van der Waals surface area contributed by atoms with E-state index in [4.69, 9.17) is 0 Å². The molecule has 1 fully saturated rings. The van der Waals surface area contributed by atoms with Crippen molar-refractivity contribution < 1.29 is 0 Å². The molecule has 0 aromatic carbocycles. The molecule has 112 valence electrons. The molecule has 2 unspecified atom stereocenters. The van der Waals surface area contributed by atoms with Crippen molar-refractivity contribution in [1.82, 2.24) is 9.97 Å². The molecule has 1 aromatic rings. The minimum atomic E-state index is 0.540. The van der Waals surface area contributed by atoms with E-state index < -0.39 is 0 Å². The summed E-state index contributed by atoms with van der Waals surface area (Å²) in [5, 5.41) is 7.58. The molecule has 0 spiro atoms. The first kappa shape index (κ1) is 15.4. The summed E-state index contributed by atoms with van der Waals surface area (Å²) < 4.78 is 0. The third kappa shape index (κ3) is 3.78. The molecule has 1 aromatic heterocycles. The van der Waals surface area contributed by atoms with Crippen molar-refractivity contribution in [3.63, 3.8) is 0 Å². The number of hydrogen-bond acceptors (Lipinski definition) is 5. The summed E-state index contributed by atoms with van der Waals surface area (Å²) in [6.45, 7) is 4.66. The van der Waals surface area contributed by atoms with Crippen molar-refractivity contribution in [1.29, 1.82) is 0 Å². The maximum atomic E-state index is 4.59. The van der Waals surface area contributed by atoms with Crippen LogP contribution >= 0.6 is 11.8 Å². The molecule has 1 aliphatic rings. The lowest BCUT2D eigenvalue weighted by molar-refractivity contribution is 0.253. The van der Waals surface area contributed by atoms with Crippen molar-refractivity contribution in [2.45, 2.75) is 50.7 Å². The predicted molar refractivity (Wildman–Crippen MR) is 87.6 cm³/mol. The van der Waals surface area contributed by atoms with E-state index in [9.17, 15) is 0 Å². The number of thioether (sulfide) groups is 1. The first-order chi connectivity index (χ1) is 9.63. The lowest BCUT2D eigenvalue weighted by Crippen LogP contribution is -2.35. The molecule has 0 bridgehead atoms. The second kappa shape index (κ2) is 7.16. The minimum Gasteiger partial charge on any atom is -0.373 e. The molecule has 0 amide bonds. The van der Waals surface area contributed by atoms with Crippen molar-refractivity contribution in [2.75, 3.05) is 23.9 Å². The molecule has 0 saturated heterocycles. The molecular formula is C15H26N4S. The van der Waals surface area contributed by atoms with Gasteiger partial charge in [0.15, 0.2) is 5.16 Å². The monoisotopic (exact) mass is 294 g/mol. The van der Waals surface area contributed by atoms with Gasteiger partial charge in [-0.1, -0.05) is 38.5 Å². The van der Waals surface area contributed by atoms with Gasteiger partial charge in [-0.25, -0.2) is 9.97 Å². The quantitative estimate of drug-likeness (QED) is 0.638. The van der Waals surface area contributed by atoms with E-state index in [-0.39, 0.29) is 0 Å². The van der Waals surface area contributed by atoms with Crippen LogP contribution in [0.25, 0.3) is 0 Å². The van der Waals surface area contributed by atoms with Crippen LogP contribution in [0, 0.1) is 11.8 Å². The van der Waals surface area contributed by atoms with E-state index >= 15 is 0 Å². The Labute approximate surface area is 126 Å². The summed E-state index contributed by atoms with van der Waals surface area (Å²) in [5.41, 5.74) is 0. The second-order valence-corrected chi connectivity index (χ2v) is 6.59. The van der Waals surface area contributed by atoms with Crippen LogP contribution in [0.1, 0.15) is 39.5 Å². The zero-order valence-corrected chi connectivity index (χ0v) is 13.8. The Morgan fingerprint density at radius 2 is 1.90 bits per heavy atom. The van der Waals surface area contributed by atoms with Crippen LogP contribution in [0.4, 0.5) is 11.6 Å². The average Bonchev–Trinajstić information content (AvgIpc) is 2.47. The van der Waals surface area contributed by atoms with Crippen LogP contribution in [0.15, 0.2) is 11.2 Å². The Hall–Kier alpha value is -0.970. The second-order valence-electron chi connectivity index (χ2n) is 5.82. The highest BCUT2D eigenvalue weighted by molar-refractivity contribution is 7.98. The fourth-order valence-electron chi connectivity index (χ4n) is 3.05. The lowest BCUT2D eigenvalue weighted by atomic mass is 9.78. The third-order valence-electron chi connectivity index (χ3n) is 4.15. The predicted octanol–water partition coefficient (Wildman–Crippen LogP) is 3.87. The summed E-state index contributed by atoms with van der Waals surface area (Å²) in [5.74, 6) is 3.29. The third-order valence-corrected chi connectivity index (χ3v) is 4.70. The number of nitrogens with zero attached hydrogens (tertiary/aromatic N) is 2. The Balaban J connectivity index is 2.15. The zero-order chi connectivity index (χ0) is 14.5. The maximum Gasteiger partial charge on any atom is 0.191 e. The normalized spacial score (nSPS) is 22.9. The molecule has 2 N–H and O–H groups in total. The molecule has 2 atom stereocenters. The van der Waals surface area contributed by atoms with Crippen molar-refractivity contribution in [2.24, 2.45) is 11.8 Å². The number of anilines is 2. The Morgan fingerprint density at radius 3 is 2.55 bits per heavy atom. The van der Waals surface area contributed by atoms with Gasteiger partial charge >= 0.3 is 0 Å². The fraction of sp³-hybridized carbons (Fsp3) is 0.733. The van der Waals surface area contributed by atoms with Gasteiger partial charge in [0.05, 0.1) is 0 Å². The van der Waals surface area contributed by atoms with Gasteiger partial charge < -0.3 is 10.6 Å². The van der Waals surface area contributed by atoms with Crippen LogP contribution in [-0.4, -0.2) is 29.3 Å². The number of aromatic nitrogens is 2. The molecule has 20 heavy (non-hydrogen) atoms. The zero-order valence-electron chi connectivity index (χ0n) is 12.9. The van der Waals surface area contributed by atoms with Gasteiger partial charge in [-0.3, -0.25) is 0 Å². The highest BCUT2D eigenvalue weighted by Gasteiger charge is 2.27. The smallest absolute Gasteiger partial charge is 0.191 e. The van der Waals surface area contributed by atoms with Crippen molar-refractivity contribution >= 4 is 23.4 Å². The van der Waals surface area contributed by atoms with E-state index in [2.05, 4.69) is 34.4 Å². The van der Waals surface area contributed by atoms with Gasteiger partial charge in [-0.2, -0.15) is 0 Å². The van der Waals surface area contributed by atoms with Crippen LogP contribution in [0.2, 0.25) is 0 Å². The standard InChI is InChI=1S/C15H26N4S/c1-10(2)11-7-5-6-8-12(11)17-14-9-13(16-3)18-15(19-14)20-4/h9-12H,5-8H2,1-4H3,(H2,16,17,18,19). The Kier molecular flexibility index (Phi) is 5.52. The summed E-state index contributed by atoms with van der Waals surface area (Å²) in [6.07, 6.45) is 7.27. The molecule has 1 aliphatic carbocycles. The van der Waals surface area contributed by atoms with Crippen molar-refractivity contribution in [3.8, 4) is 0 Å². The van der Waals surface area contributed by atoms with Gasteiger partial charge in [0.25, 0.3) is 0 Å². The topological polar surface area (TPSA) is 49.8 Å². The van der Waals surface area contributed by atoms with Crippen LogP contribution in [-0.2, 0) is 0 Å². The summed E-state index contributed by atoms with van der Waals surface area (Å²) in [7, 11) is 1.90. The summed E-state index contributed by atoms with van der Waals surface area (Å²) in [6, 6.07) is 2.55. The molecule has 0 radical (unpaired) electrons. The first-order valence-electron chi connectivity index (χ1n) is 7.51. The molecule has 0 aliphatic heterocycles. The summed E-state index contributed by atoms with van der Waals surface area (Å²) >= 11 is 1.58. The Bertz CT molecular complexity index is 414. The molecule has 1 heterocycles. The van der Waals surface area contributed by atoms with Gasteiger partial charge in [-0.05, 0) is 30.9 Å². The molecule has 2 rings (SSSR count). The maximum absolute atomic E-state index is 4.59. The minimum absolute atomic E-state index is 0.540. The highest BCUT2D eigenvalue weighted by Crippen LogP contribution is 2.32. The van der Waals surface area contributed by atoms with E-state index in [0.717, 1.165) is 28.6 Å². The number of rotatable bonds is 5. The average molecular weight is 294 g/mol. The lowest BCUT2D eigenvalue weighted by Gasteiger charge is -2.35. The fourth-order valence-corrected chi connectivity index (χ4v) is 3.42. The van der Waals surface area contributed by atoms with Gasteiger partial charge in [0, 0.05) is 19.2 Å². The van der Waals surface area contributed by atoms with Crippen LogP contribution < -0.4 is 10.6 Å². The molecule has 4 nitrogen and oxygen atoms in total. The van der Waals surface area contributed by atoms with Crippen LogP contribution in [0.5, 0.6) is 0 Å². The highest BCUT2D eigenvalue weighted by atomic mass is 32.2. The number of nitrogens with one attached hydrogen (secondary N) is 2. The van der Waals surface area contributed by atoms with E-state index in [1.807, 2.05) is 19.4 Å². The van der Waals surface area contributed by atoms with Gasteiger partial charge in [-0.15, -0.1) is 0 Å². The van der Waals surface area contributed by atoms with Gasteiger partial charge in [0.2, 0.25) is 0 Å². The van der Waals surface area contributed by atoms with Gasteiger partial charge in [0.1, 0.15) is 11.6 Å². The Morgan fingerprint density at radius 1 is 1.20 bits per heavy atom. The molecular weight excluding hydrogens is 268 g/mol. The summed E-state index contributed by atoms with van der Waals surface area (Å²) in [4.78, 5) is 9.01. The largest absolute Gasteiger partial charge is 0.373 e. The number of hydrogen-bond donors (Lipinski definition) is 2. The van der Waals surface area contributed by atoms with E-state index in [0.29, 0.717) is 6.04 Å². The van der Waals surface area contributed by atoms with Crippen molar-refractivity contribution in [3.05, 3.63) is 6.07 Å². The van der Waals surface area contributed by atoms with Crippen LogP contribution in [0.3, 0.4) is 0 Å². The molecule has 1 saturated carbocycles. The first-order valence-corrected chi connectivity index (χ1v) is 8.74.